The fourth-order valence-corrected chi connectivity index (χ4v) is 3.70. The normalized spacial score (nSPS) is 30.9. The van der Waals surface area contributed by atoms with Crippen LogP contribution in [0.25, 0.3) is 0 Å². The molecule has 1 aliphatic heterocycles. The Labute approximate surface area is 147 Å². The predicted molar refractivity (Wildman–Crippen MR) is 94.7 cm³/mol. The Morgan fingerprint density at radius 1 is 0.917 bits per heavy atom. The minimum atomic E-state index is -0.245. The third-order valence-corrected chi connectivity index (χ3v) is 5.39. The molecule has 24 heavy (non-hydrogen) atoms. The van der Waals surface area contributed by atoms with Crippen molar-refractivity contribution in [3.63, 3.8) is 0 Å². The summed E-state index contributed by atoms with van der Waals surface area (Å²) >= 11 is 0. The van der Waals surface area contributed by atoms with Gasteiger partial charge in [-0.15, -0.1) is 0 Å². The van der Waals surface area contributed by atoms with Crippen molar-refractivity contribution in [1.29, 1.82) is 0 Å². The summed E-state index contributed by atoms with van der Waals surface area (Å²) in [5, 5.41) is 0. The number of hydrogen-bond donors (Lipinski definition) is 0. The molecular weight excluding hydrogens is 304 g/mol. The summed E-state index contributed by atoms with van der Waals surface area (Å²) in [6, 6.07) is 0. The molecule has 1 saturated heterocycles. The van der Waals surface area contributed by atoms with Gasteiger partial charge in [0, 0.05) is 0 Å². The second-order valence-electron chi connectivity index (χ2n) is 7.51. The lowest BCUT2D eigenvalue weighted by molar-refractivity contribution is -0.214. The third kappa shape index (κ3) is 6.72. The van der Waals surface area contributed by atoms with Crippen molar-refractivity contribution in [2.45, 2.75) is 96.9 Å². The maximum absolute atomic E-state index is 12.3. The fourth-order valence-electron chi connectivity index (χ4n) is 3.70. The highest BCUT2D eigenvalue weighted by molar-refractivity contribution is 5.73. The Balaban J connectivity index is 1.60. The molecule has 0 aromatic heterocycles. The minimum absolute atomic E-state index is 0.109. The first kappa shape index (κ1) is 19.7. The first-order chi connectivity index (χ1) is 11.7. The van der Waals surface area contributed by atoms with E-state index in [1.807, 2.05) is 0 Å². The van der Waals surface area contributed by atoms with Crippen molar-refractivity contribution in [2.24, 2.45) is 11.8 Å². The van der Waals surface area contributed by atoms with Gasteiger partial charge in [0.05, 0.1) is 13.2 Å². The SMILES string of the molecule is CCCCCC1CCC(OC(=O)[C@H]2CO[C@H](CCCC)OC2)CC1. The van der Waals surface area contributed by atoms with Gasteiger partial charge in [-0.05, 0) is 44.4 Å². The van der Waals surface area contributed by atoms with Gasteiger partial charge in [0.1, 0.15) is 12.0 Å². The van der Waals surface area contributed by atoms with Gasteiger partial charge in [0.15, 0.2) is 6.29 Å². The molecule has 0 unspecified atom stereocenters. The van der Waals surface area contributed by atoms with Crippen LogP contribution in [0.4, 0.5) is 0 Å². The Kier molecular flexibility index (Phi) is 9.11. The van der Waals surface area contributed by atoms with E-state index < -0.39 is 0 Å². The van der Waals surface area contributed by atoms with Gasteiger partial charge in [-0.3, -0.25) is 4.79 Å². The van der Waals surface area contributed by atoms with Gasteiger partial charge in [-0.1, -0.05) is 46.0 Å². The summed E-state index contributed by atoms with van der Waals surface area (Å²) in [6.07, 6.45) is 12.9. The maximum Gasteiger partial charge on any atom is 0.313 e. The van der Waals surface area contributed by atoms with Crippen LogP contribution >= 0.6 is 0 Å². The van der Waals surface area contributed by atoms with E-state index in [1.165, 1.54) is 38.5 Å². The molecule has 2 aliphatic rings. The number of unbranched alkanes of at least 4 members (excludes halogenated alkanes) is 3. The molecule has 1 aliphatic carbocycles. The minimum Gasteiger partial charge on any atom is -0.462 e. The predicted octanol–water partition coefficient (Wildman–Crippen LogP) is 4.85. The average molecular weight is 341 g/mol. The van der Waals surface area contributed by atoms with Gasteiger partial charge < -0.3 is 14.2 Å². The summed E-state index contributed by atoms with van der Waals surface area (Å²) in [6.45, 7) is 5.29. The second kappa shape index (κ2) is 11.1. The van der Waals surface area contributed by atoms with Crippen LogP contribution in [0, 0.1) is 11.8 Å². The van der Waals surface area contributed by atoms with E-state index in [0.29, 0.717) is 13.2 Å². The zero-order valence-corrected chi connectivity index (χ0v) is 15.6. The van der Waals surface area contributed by atoms with E-state index >= 15 is 0 Å². The lowest BCUT2D eigenvalue weighted by Gasteiger charge is -2.32. The van der Waals surface area contributed by atoms with Gasteiger partial charge in [0.25, 0.3) is 0 Å². The summed E-state index contributed by atoms with van der Waals surface area (Å²) in [5.74, 6) is 0.468. The summed E-state index contributed by atoms with van der Waals surface area (Å²) < 4.78 is 17.0. The molecule has 0 radical (unpaired) electrons. The van der Waals surface area contributed by atoms with E-state index in [2.05, 4.69) is 13.8 Å². The van der Waals surface area contributed by atoms with E-state index in [1.54, 1.807) is 0 Å². The zero-order chi connectivity index (χ0) is 17.2. The molecular formula is C20H36O4. The molecule has 1 saturated carbocycles. The molecule has 0 spiro atoms. The molecule has 4 heteroatoms. The topological polar surface area (TPSA) is 44.8 Å². The van der Waals surface area contributed by atoms with Crippen molar-refractivity contribution >= 4 is 5.97 Å². The van der Waals surface area contributed by atoms with Crippen LogP contribution in [0.15, 0.2) is 0 Å². The monoisotopic (exact) mass is 340 g/mol. The van der Waals surface area contributed by atoms with Crippen LogP contribution in [-0.2, 0) is 19.0 Å². The Bertz CT molecular complexity index is 342. The molecule has 0 aromatic rings. The molecule has 4 nitrogen and oxygen atoms in total. The molecule has 0 amide bonds. The lowest BCUT2D eigenvalue weighted by atomic mass is 9.84. The maximum atomic E-state index is 12.3. The van der Waals surface area contributed by atoms with Crippen LogP contribution in [0.5, 0.6) is 0 Å². The standard InChI is InChI=1S/C20H36O4/c1-3-5-7-8-16-10-12-18(13-11-16)24-20(21)17-14-22-19(23-15-17)9-6-4-2/h16-19H,3-15H2,1-2H3/t16?,17-,18?,19-. The summed E-state index contributed by atoms with van der Waals surface area (Å²) in [5.41, 5.74) is 0. The van der Waals surface area contributed by atoms with E-state index in [4.69, 9.17) is 14.2 Å². The molecule has 0 bridgehead atoms. The van der Waals surface area contributed by atoms with Crippen LogP contribution in [-0.4, -0.2) is 31.6 Å². The highest BCUT2D eigenvalue weighted by Crippen LogP contribution is 2.30. The number of carbonyl (C=O) groups is 1. The van der Waals surface area contributed by atoms with E-state index in [0.717, 1.165) is 38.0 Å². The zero-order valence-electron chi connectivity index (χ0n) is 15.6. The van der Waals surface area contributed by atoms with Crippen LogP contribution in [0.1, 0.15) is 84.5 Å². The lowest BCUT2D eigenvalue weighted by Crippen LogP contribution is -2.39. The number of ether oxygens (including phenoxy) is 3. The summed E-state index contributed by atoms with van der Waals surface area (Å²) in [4.78, 5) is 12.3. The highest BCUT2D eigenvalue weighted by atomic mass is 16.7. The quantitative estimate of drug-likeness (QED) is 0.445. The smallest absolute Gasteiger partial charge is 0.313 e. The number of hydrogen-bond acceptors (Lipinski definition) is 4. The molecule has 2 fully saturated rings. The van der Waals surface area contributed by atoms with Gasteiger partial charge in [-0.25, -0.2) is 0 Å². The number of esters is 1. The molecule has 2 rings (SSSR count). The fraction of sp³-hybridized carbons (Fsp3) is 0.950. The first-order valence-electron chi connectivity index (χ1n) is 10.2. The average Bonchev–Trinajstić information content (AvgIpc) is 2.62. The molecule has 1 heterocycles. The van der Waals surface area contributed by atoms with Crippen molar-refractivity contribution in [3.05, 3.63) is 0 Å². The molecule has 0 aromatic carbocycles. The molecule has 140 valence electrons. The van der Waals surface area contributed by atoms with Crippen LogP contribution in [0.2, 0.25) is 0 Å². The Hall–Kier alpha value is -0.610. The van der Waals surface area contributed by atoms with Crippen molar-refractivity contribution in [1.82, 2.24) is 0 Å². The largest absolute Gasteiger partial charge is 0.462 e. The highest BCUT2D eigenvalue weighted by Gasteiger charge is 2.31. The Morgan fingerprint density at radius 3 is 2.21 bits per heavy atom. The van der Waals surface area contributed by atoms with E-state index in [-0.39, 0.29) is 24.3 Å². The second-order valence-corrected chi connectivity index (χ2v) is 7.51. The summed E-state index contributed by atoms with van der Waals surface area (Å²) in [7, 11) is 0. The van der Waals surface area contributed by atoms with Gasteiger partial charge in [0.2, 0.25) is 0 Å². The Morgan fingerprint density at radius 2 is 1.58 bits per heavy atom. The number of carbonyl (C=O) groups excluding carboxylic acids is 1. The van der Waals surface area contributed by atoms with Crippen molar-refractivity contribution in [3.8, 4) is 0 Å². The van der Waals surface area contributed by atoms with Gasteiger partial charge in [-0.2, -0.15) is 0 Å². The first-order valence-corrected chi connectivity index (χ1v) is 10.2. The van der Waals surface area contributed by atoms with Crippen LogP contribution < -0.4 is 0 Å². The molecule has 0 atom stereocenters. The number of rotatable bonds is 9. The molecule has 0 N–H and O–H groups in total. The van der Waals surface area contributed by atoms with E-state index in [9.17, 15) is 4.79 Å². The van der Waals surface area contributed by atoms with Crippen molar-refractivity contribution < 1.29 is 19.0 Å². The van der Waals surface area contributed by atoms with Gasteiger partial charge >= 0.3 is 5.97 Å². The van der Waals surface area contributed by atoms with Crippen LogP contribution in [0.3, 0.4) is 0 Å². The van der Waals surface area contributed by atoms with Crippen molar-refractivity contribution in [2.75, 3.05) is 13.2 Å². The third-order valence-electron chi connectivity index (χ3n) is 5.39.